The Hall–Kier alpha value is -2.89. The van der Waals surface area contributed by atoms with Crippen LogP contribution < -0.4 is 5.32 Å². The summed E-state index contributed by atoms with van der Waals surface area (Å²) in [5, 5.41) is 204. The van der Waals surface area contributed by atoms with Crippen LogP contribution in [0.5, 0.6) is 0 Å². The first-order chi connectivity index (χ1) is 54.8. The number of aldehydes is 1. The first kappa shape index (κ1) is 92.3. The minimum Gasteiger partial charge on any atom is -0.432 e. The molecule has 5 aliphatic carbocycles. The molecule has 7 saturated heterocycles. The van der Waals surface area contributed by atoms with E-state index in [0.29, 0.717) is 44.9 Å². The highest BCUT2D eigenvalue weighted by Crippen LogP contribution is 2.76. The van der Waals surface area contributed by atoms with Gasteiger partial charge in [0.05, 0.1) is 76.0 Å². The molecule has 0 aromatic heterocycles. The van der Waals surface area contributed by atoms with E-state index in [1.807, 2.05) is 6.92 Å². The zero-order valence-corrected chi connectivity index (χ0v) is 67.7. The summed E-state index contributed by atoms with van der Waals surface area (Å²) in [4.78, 5) is 44.4. The highest BCUT2D eigenvalue weighted by atomic mass is 16.8. The van der Waals surface area contributed by atoms with E-state index in [1.165, 1.54) is 13.3 Å². The van der Waals surface area contributed by atoms with Crippen LogP contribution in [0.25, 0.3) is 0 Å². The zero-order valence-electron chi connectivity index (χ0n) is 67.7. The molecule has 36 heteroatoms. The van der Waals surface area contributed by atoms with Crippen LogP contribution in [0, 0.1) is 50.2 Å². The first-order valence-electron chi connectivity index (χ1n) is 42.0. The van der Waals surface area contributed by atoms with Crippen LogP contribution in [0.2, 0.25) is 0 Å². The number of carbonyl (C=O) groups is 3. The molecule has 1 amide bonds. The van der Waals surface area contributed by atoms with Crippen molar-refractivity contribution in [1.82, 2.24) is 5.32 Å². The van der Waals surface area contributed by atoms with Crippen LogP contribution in [0.15, 0.2) is 11.6 Å². The van der Waals surface area contributed by atoms with Crippen molar-refractivity contribution < 1.29 is 173 Å². The Kier molecular flexibility index (Phi) is 29.5. The number of ether oxygens (including phenoxy) is 14. The molecule has 7 aliphatic heterocycles. The zero-order chi connectivity index (χ0) is 84.3. The fourth-order valence-corrected chi connectivity index (χ4v) is 21.8. The standard InChI is InChI=1S/C80H131NO35/c1-9-10-11-12-13-14-15-16-17-18-49(90)81-50-43(29-82)108-71(63(53(50)93)114-68-58(98)55(95)60(37(2)107-68)111-67-59(99)61(41(87)32-104-67)112-72-65(100)79(102,35-85)36-106-72)116-73(101)80-26-25-74(3,4)27-39(80)38-19-20-46-75(5)23-22-48(76(6,34-84)45(75)21-24-77(46,7)78(38,8)28-47(80)89)110-70-64(115-69-57(97)54(94)52(92)44(30-83)109-69)62(42(88)33-105-70)113-66-56(96)51(91)40(86)31-103-66/h19,34,37,39-48,50-72,82-83,85-89,91-100,102H,9-18,20-33,35-36H2,1-8H3,(H,81,90)/t37?,39?,40-,41-,42-,43?,44?,45-,46?,47?,48+,50+,51+,52+,53?,54+,55?,56?,57?,58+,59-,60+,61?,62+,63-,64?,65?,66+,67+,68+,69+,70+,71+,72+,75?,76-,77?,78-,79+,80-/m1/s1. The molecule has 11 fully saturated rings. The van der Waals surface area contributed by atoms with E-state index in [2.05, 4.69) is 52.9 Å². The number of hydrogen-bond donors (Lipinski definition) is 19. The number of carbonyl (C=O) groups excluding carboxylic acids is 3. The van der Waals surface area contributed by atoms with Crippen molar-refractivity contribution in [3.05, 3.63) is 11.6 Å². The molecule has 15 unspecified atom stereocenters. The third kappa shape index (κ3) is 17.4. The van der Waals surface area contributed by atoms with E-state index in [-0.39, 0.29) is 31.6 Å². The van der Waals surface area contributed by atoms with Gasteiger partial charge in [-0.3, -0.25) is 9.59 Å². The third-order valence-electron chi connectivity index (χ3n) is 29.1. The first-order valence-corrected chi connectivity index (χ1v) is 42.0. The van der Waals surface area contributed by atoms with E-state index in [9.17, 15) is 102 Å². The SMILES string of the molecule is CCCCCCCCCCCC(=O)N[C@H]1C(CO)O[C@@H](OC(=O)[C@]23CCC(C)(C)CC2C2=CCC4C5(C)CC[C@H](O[C@@H]6OC[C@@H](O)[C@H](O[C@@H]7OC[C@@H](O)[C@H](O)C7O)C6O[C@@H]6OC(CO)[C@H](O)[C@H](O)C6O)[C@](C)(C=O)[C@@H]5CCC4(C)[C@]2(C)CC3O)[C@H](O[C@@H]2OC(C)[C@H](O[C@@H]3OC[C@@H](O)C(O[C@@H]4OC[C@@](O)(CO)C4O)[C@H]3O)C(O)[C@@H]2O)C1O. The van der Waals surface area contributed by atoms with Crippen molar-refractivity contribution in [2.45, 2.75) is 373 Å². The molecule has 7 heterocycles. The van der Waals surface area contributed by atoms with Gasteiger partial charge in [0.15, 0.2) is 43.8 Å². The molecule has 666 valence electrons. The highest BCUT2D eigenvalue weighted by molar-refractivity contribution is 5.80. The smallest absolute Gasteiger partial charge is 0.317 e. The van der Waals surface area contributed by atoms with Gasteiger partial charge >= 0.3 is 5.97 Å². The maximum absolute atomic E-state index is 16.2. The Labute approximate surface area is 675 Å². The summed E-state index contributed by atoms with van der Waals surface area (Å²) in [7, 11) is 0. The Morgan fingerprint density at radius 3 is 1.77 bits per heavy atom. The van der Waals surface area contributed by atoms with Crippen molar-refractivity contribution in [2.75, 3.05) is 46.2 Å². The Balaban J connectivity index is 0.790. The Morgan fingerprint density at radius 1 is 0.534 bits per heavy atom. The van der Waals surface area contributed by atoms with E-state index in [1.54, 1.807) is 0 Å². The molecular formula is C80H131NO35. The van der Waals surface area contributed by atoms with Crippen LogP contribution in [0.1, 0.15) is 177 Å². The van der Waals surface area contributed by atoms with Crippen molar-refractivity contribution in [3.8, 4) is 0 Å². The van der Waals surface area contributed by atoms with Gasteiger partial charge in [-0.1, -0.05) is 111 Å². The largest absolute Gasteiger partial charge is 0.432 e. The van der Waals surface area contributed by atoms with Gasteiger partial charge in [0, 0.05) is 6.42 Å². The summed E-state index contributed by atoms with van der Waals surface area (Å²) >= 11 is 0. The van der Waals surface area contributed by atoms with Crippen molar-refractivity contribution in [1.29, 1.82) is 0 Å². The molecule has 0 aromatic rings. The van der Waals surface area contributed by atoms with Gasteiger partial charge < -0.3 is 168 Å². The Bertz CT molecular complexity index is 3290. The summed E-state index contributed by atoms with van der Waals surface area (Å²) < 4.78 is 85.3. The molecule has 19 N–H and O–H groups in total. The second-order valence-corrected chi connectivity index (χ2v) is 37.0. The summed E-state index contributed by atoms with van der Waals surface area (Å²) in [5.74, 6) is -2.69. The lowest BCUT2D eigenvalue weighted by Gasteiger charge is -2.71. The Morgan fingerprint density at radius 2 is 1.11 bits per heavy atom. The highest BCUT2D eigenvalue weighted by Gasteiger charge is 2.73. The molecule has 12 rings (SSSR count). The maximum Gasteiger partial charge on any atom is 0.317 e. The summed E-state index contributed by atoms with van der Waals surface area (Å²) in [5.41, 5.74) is -6.70. The van der Waals surface area contributed by atoms with E-state index in [4.69, 9.17) is 66.3 Å². The van der Waals surface area contributed by atoms with Crippen molar-refractivity contribution in [2.24, 2.45) is 50.2 Å². The summed E-state index contributed by atoms with van der Waals surface area (Å²) in [6.07, 6.45) is -35.7. The molecule has 0 radical (unpaired) electrons. The second-order valence-electron chi connectivity index (χ2n) is 37.0. The van der Waals surface area contributed by atoms with Gasteiger partial charge in [-0.25, -0.2) is 0 Å². The van der Waals surface area contributed by atoms with Crippen LogP contribution in [0.3, 0.4) is 0 Å². The lowest BCUT2D eigenvalue weighted by molar-refractivity contribution is -0.384. The van der Waals surface area contributed by atoms with Gasteiger partial charge in [0.2, 0.25) is 12.2 Å². The lowest BCUT2D eigenvalue weighted by atomic mass is 9.33. The number of nitrogens with one attached hydrogen (secondary N) is 1. The van der Waals surface area contributed by atoms with Gasteiger partial charge in [0.25, 0.3) is 0 Å². The molecule has 0 bridgehead atoms. The van der Waals surface area contributed by atoms with E-state index < -0.39 is 299 Å². The van der Waals surface area contributed by atoms with Crippen LogP contribution >= 0.6 is 0 Å². The quantitative estimate of drug-likeness (QED) is 0.0118. The molecule has 40 atom stereocenters. The lowest BCUT2D eigenvalue weighted by Crippen LogP contribution is -2.70. The van der Waals surface area contributed by atoms with Crippen LogP contribution in [0.4, 0.5) is 0 Å². The van der Waals surface area contributed by atoms with Gasteiger partial charge in [-0.15, -0.1) is 0 Å². The number of hydrogen-bond acceptors (Lipinski definition) is 35. The topological polar surface area (TPSA) is 557 Å². The minimum absolute atomic E-state index is 0.0398. The molecule has 0 aromatic carbocycles. The van der Waals surface area contributed by atoms with E-state index in [0.717, 1.165) is 56.8 Å². The molecular weight excluding hydrogens is 1530 g/mol. The monoisotopic (exact) mass is 1670 g/mol. The average molecular weight is 1670 g/mol. The molecule has 116 heavy (non-hydrogen) atoms. The molecule has 4 saturated carbocycles. The average Bonchev–Trinajstić information content (AvgIpc) is 0.766. The number of unbranched alkanes of at least 4 members (excludes halogenated alkanes) is 8. The number of aliphatic hydroxyl groups excluding tert-OH is 17. The van der Waals surface area contributed by atoms with E-state index >= 15 is 4.79 Å². The van der Waals surface area contributed by atoms with Crippen molar-refractivity contribution >= 4 is 18.2 Å². The normalized spacial score (nSPS) is 50.2. The maximum atomic E-state index is 16.2. The third-order valence-corrected chi connectivity index (χ3v) is 29.1. The van der Waals surface area contributed by atoms with Gasteiger partial charge in [0.1, 0.15) is 133 Å². The fourth-order valence-electron chi connectivity index (χ4n) is 21.8. The molecule has 0 spiro atoms. The van der Waals surface area contributed by atoms with Crippen LogP contribution in [-0.2, 0) is 80.7 Å². The molecule has 36 nitrogen and oxygen atoms in total. The molecule has 12 aliphatic rings. The number of amides is 1. The minimum atomic E-state index is -2.11. The number of allylic oxidation sites excluding steroid dienone is 2. The van der Waals surface area contributed by atoms with Gasteiger partial charge in [-0.2, -0.15) is 0 Å². The summed E-state index contributed by atoms with van der Waals surface area (Å²) in [6.45, 7) is 11.5. The number of rotatable bonds is 29. The second kappa shape index (κ2) is 37.1. The summed E-state index contributed by atoms with van der Waals surface area (Å²) in [6, 6.07) is -1.44. The number of aliphatic hydroxyl groups is 18. The predicted octanol–water partition coefficient (Wildman–Crippen LogP) is -2.78. The van der Waals surface area contributed by atoms with Crippen molar-refractivity contribution in [3.63, 3.8) is 0 Å². The van der Waals surface area contributed by atoms with Gasteiger partial charge in [-0.05, 0) is 111 Å². The predicted molar refractivity (Wildman–Crippen MR) is 395 cm³/mol. The van der Waals surface area contributed by atoms with Crippen LogP contribution in [-0.4, -0.2) is 352 Å². The number of esters is 1. The number of fused-ring (bicyclic) bond motifs is 7. The fraction of sp³-hybridized carbons (Fsp3) is 0.938.